The van der Waals surface area contributed by atoms with E-state index in [0.29, 0.717) is 5.88 Å². The first-order valence-corrected chi connectivity index (χ1v) is 6.47. The lowest BCUT2D eigenvalue weighted by atomic mass is 10.2. The Morgan fingerprint density at radius 1 is 1.20 bits per heavy atom. The second-order valence-corrected chi connectivity index (χ2v) is 4.52. The second-order valence-electron chi connectivity index (χ2n) is 4.52. The van der Waals surface area contributed by atoms with Gasteiger partial charge in [-0.1, -0.05) is 0 Å². The molecule has 3 aromatic rings. The number of hydrogen-bond donors (Lipinski definition) is 2. The third-order valence-corrected chi connectivity index (χ3v) is 3.19. The average molecular weight is 268 g/mol. The number of ether oxygens (including phenoxy) is 1. The van der Waals surface area contributed by atoms with E-state index in [4.69, 9.17) is 4.74 Å². The predicted molar refractivity (Wildman–Crippen MR) is 77.4 cm³/mol. The first-order chi connectivity index (χ1) is 9.86. The highest BCUT2D eigenvalue weighted by atomic mass is 16.5. The van der Waals surface area contributed by atoms with E-state index >= 15 is 0 Å². The maximum Gasteiger partial charge on any atom is 0.213 e. The smallest absolute Gasteiger partial charge is 0.213 e. The van der Waals surface area contributed by atoms with E-state index in [1.165, 1.54) is 5.56 Å². The standard InChI is InChI=1S/C15H16N4O/c1-20-14-7-11(4-6-17-14)8-16-9-12-10-19-15-13(12)3-2-5-18-15/h2-7,10,16H,8-9H2,1H3,(H,18,19). The van der Waals surface area contributed by atoms with Crippen molar-refractivity contribution in [1.82, 2.24) is 20.3 Å². The molecule has 0 bridgehead atoms. The lowest BCUT2D eigenvalue weighted by Crippen LogP contribution is -2.12. The molecule has 0 saturated heterocycles. The van der Waals surface area contributed by atoms with E-state index in [1.807, 2.05) is 24.4 Å². The van der Waals surface area contributed by atoms with E-state index < -0.39 is 0 Å². The summed E-state index contributed by atoms with van der Waals surface area (Å²) in [6.45, 7) is 1.56. The highest BCUT2D eigenvalue weighted by Crippen LogP contribution is 2.15. The van der Waals surface area contributed by atoms with Gasteiger partial charge in [-0.25, -0.2) is 9.97 Å². The molecule has 0 aliphatic rings. The van der Waals surface area contributed by atoms with Crippen LogP contribution in [-0.2, 0) is 13.1 Å². The van der Waals surface area contributed by atoms with Gasteiger partial charge in [-0.2, -0.15) is 0 Å². The van der Waals surface area contributed by atoms with Crippen molar-refractivity contribution in [1.29, 1.82) is 0 Å². The number of nitrogens with one attached hydrogen (secondary N) is 2. The summed E-state index contributed by atoms with van der Waals surface area (Å²) in [5.74, 6) is 0.639. The van der Waals surface area contributed by atoms with Gasteiger partial charge in [-0.05, 0) is 29.3 Å². The minimum atomic E-state index is 0.639. The van der Waals surface area contributed by atoms with Gasteiger partial charge >= 0.3 is 0 Å². The maximum atomic E-state index is 5.11. The molecule has 0 atom stereocenters. The molecule has 3 rings (SSSR count). The van der Waals surface area contributed by atoms with Crippen LogP contribution in [0, 0.1) is 0 Å². The number of nitrogens with zero attached hydrogens (tertiary/aromatic N) is 2. The molecule has 0 aliphatic carbocycles. The molecule has 0 spiro atoms. The molecule has 3 heterocycles. The Kier molecular flexibility index (Phi) is 3.60. The number of H-pyrrole nitrogens is 1. The minimum absolute atomic E-state index is 0.639. The molecular weight excluding hydrogens is 252 g/mol. The largest absolute Gasteiger partial charge is 0.481 e. The van der Waals surface area contributed by atoms with Gasteiger partial charge in [0.25, 0.3) is 0 Å². The van der Waals surface area contributed by atoms with Crippen LogP contribution in [0.4, 0.5) is 0 Å². The third kappa shape index (κ3) is 2.62. The molecule has 5 nitrogen and oxygen atoms in total. The zero-order valence-electron chi connectivity index (χ0n) is 11.3. The number of rotatable bonds is 5. The third-order valence-electron chi connectivity index (χ3n) is 3.19. The molecule has 2 N–H and O–H groups in total. The van der Waals surface area contributed by atoms with Crippen molar-refractivity contribution in [3.05, 3.63) is 54.0 Å². The van der Waals surface area contributed by atoms with Crippen LogP contribution in [-0.4, -0.2) is 22.1 Å². The fourth-order valence-corrected chi connectivity index (χ4v) is 2.17. The zero-order valence-corrected chi connectivity index (χ0v) is 11.3. The van der Waals surface area contributed by atoms with Crippen LogP contribution in [0.1, 0.15) is 11.1 Å². The maximum absolute atomic E-state index is 5.11. The number of fused-ring (bicyclic) bond motifs is 1. The Morgan fingerprint density at radius 2 is 2.15 bits per heavy atom. The van der Waals surface area contributed by atoms with E-state index in [9.17, 15) is 0 Å². The average Bonchev–Trinajstić information content (AvgIpc) is 2.91. The Labute approximate surface area is 117 Å². The highest BCUT2D eigenvalue weighted by molar-refractivity contribution is 5.79. The molecule has 0 aromatic carbocycles. The second kappa shape index (κ2) is 5.71. The van der Waals surface area contributed by atoms with Crippen LogP contribution in [0.3, 0.4) is 0 Å². The van der Waals surface area contributed by atoms with Crippen molar-refractivity contribution in [2.45, 2.75) is 13.1 Å². The van der Waals surface area contributed by atoms with Gasteiger partial charge in [0, 0.05) is 43.1 Å². The van der Waals surface area contributed by atoms with Gasteiger partial charge in [0.2, 0.25) is 5.88 Å². The van der Waals surface area contributed by atoms with Gasteiger partial charge in [-0.15, -0.1) is 0 Å². The number of methoxy groups -OCH3 is 1. The summed E-state index contributed by atoms with van der Waals surface area (Å²) < 4.78 is 5.11. The van der Waals surface area contributed by atoms with Crippen molar-refractivity contribution >= 4 is 11.0 Å². The molecule has 0 radical (unpaired) electrons. The summed E-state index contributed by atoms with van der Waals surface area (Å²) in [5.41, 5.74) is 3.29. The van der Waals surface area contributed by atoms with Crippen LogP contribution < -0.4 is 10.1 Å². The van der Waals surface area contributed by atoms with E-state index in [2.05, 4.69) is 26.3 Å². The Bertz CT molecular complexity index is 708. The fraction of sp³-hybridized carbons (Fsp3) is 0.200. The highest BCUT2D eigenvalue weighted by Gasteiger charge is 2.03. The molecule has 0 aliphatic heterocycles. The number of hydrogen-bond acceptors (Lipinski definition) is 4. The SMILES string of the molecule is COc1cc(CNCc2c[nH]c3ncccc23)ccn1. The van der Waals surface area contributed by atoms with Crippen LogP contribution >= 0.6 is 0 Å². The Morgan fingerprint density at radius 3 is 3.05 bits per heavy atom. The van der Waals surface area contributed by atoms with Crippen molar-refractivity contribution in [3.63, 3.8) is 0 Å². The summed E-state index contributed by atoms with van der Waals surface area (Å²) in [4.78, 5) is 11.6. The van der Waals surface area contributed by atoms with Crippen LogP contribution in [0.15, 0.2) is 42.9 Å². The lowest BCUT2D eigenvalue weighted by Gasteiger charge is -2.05. The van der Waals surface area contributed by atoms with E-state index in [0.717, 1.165) is 29.7 Å². The first kappa shape index (κ1) is 12.6. The molecule has 20 heavy (non-hydrogen) atoms. The predicted octanol–water partition coefficient (Wildman–Crippen LogP) is 2.26. The topological polar surface area (TPSA) is 62.8 Å². The van der Waals surface area contributed by atoms with Gasteiger partial charge in [0.15, 0.2) is 0 Å². The van der Waals surface area contributed by atoms with Crippen molar-refractivity contribution < 1.29 is 4.74 Å². The van der Waals surface area contributed by atoms with Gasteiger partial charge in [0.1, 0.15) is 5.65 Å². The Balaban J connectivity index is 1.65. The Hall–Kier alpha value is -2.40. The molecule has 0 unspecified atom stereocenters. The summed E-state index contributed by atoms with van der Waals surface area (Å²) in [6, 6.07) is 7.94. The summed E-state index contributed by atoms with van der Waals surface area (Å²) in [7, 11) is 1.62. The molecule has 102 valence electrons. The number of aromatic nitrogens is 3. The minimum Gasteiger partial charge on any atom is -0.481 e. The summed E-state index contributed by atoms with van der Waals surface area (Å²) in [5, 5.41) is 4.58. The van der Waals surface area contributed by atoms with Crippen molar-refractivity contribution in [2.75, 3.05) is 7.11 Å². The van der Waals surface area contributed by atoms with E-state index in [-0.39, 0.29) is 0 Å². The number of aromatic amines is 1. The van der Waals surface area contributed by atoms with E-state index in [1.54, 1.807) is 19.5 Å². The van der Waals surface area contributed by atoms with Gasteiger partial charge in [-0.3, -0.25) is 0 Å². The summed E-state index contributed by atoms with van der Waals surface area (Å²) in [6.07, 6.45) is 5.54. The van der Waals surface area contributed by atoms with Crippen LogP contribution in [0.25, 0.3) is 11.0 Å². The van der Waals surface area contributed by atoms with Crippen LogP contribution in [0.2, 0.25) is 0 Å². The molecule has 5 heteroatoms. The fourth-order valence-electron chi connectivity index (χ4n) is 2.17. The first-order valence-electron chi connectivity index (χ1n) is 6.47. The quantitative estimate of drug-likeness (QED) is 0.745. The molecule has 0 fully saturated rings. The normalized spacial score (nSPS) is 10.8. The van der Waals surface area contributed by atoms with Gasteiger partial charge in [0.05, 0.1) is 7.11 Å². The van der Waals surface area contributed by atoms with Crippen molar-refractivity contribution in [3.8, 4) is 5.88 Å². The lowest BCUT2D eigenvalue weighted by molar-refractivity contribution is 0.397. The van der Waals surface area contributed by atoms with Crippen molar-refractivity contribution in [2.24, 2.45) is 0 Å². The van der Waals surface area contributed by atoms with Gasteiger partial charge < -0.3 is 15.0 Å². The molecular formula is C15H16N4O. The monoisotopic (exact) mass is 268 g/mol. The zero-order chi connectivity index (χ0) is 13.8. The van der Waals surface area contributed by atoms with Crippen LogP contribution in [0.5, 0.6) is 5.88 Å². The molecule has 0 amide bonds. The molecule has 0 saturated carbocycles. The summed E-state index contributed by atoms with van der Waals surface area (Å²) >= 11 is 0. The number of pyridine rings is 2. The molecule has 3 aromatic heterocycles.